The number of nitrogens with zero attached hydrogens (tertiary/aromatic N) is 1. The standard InChI is InChI=1S/C32H41F2N3O4/c1-2-3-7-12-37-19-26(29(32(37)40)21-10-11-21)31(39)36-28(15-20-13-22(33)16-23(34)14-20)30(38)27-17-25(18-35-27)41-24-8-5-4-6-9-24/h4-6,8-9,13-14,16,21,25-30,35,38H,2-3,7,10-12,15,17-19H2,1H3,(H,36,39)/t25?,26?,27-,28+,29?,30-/m1/s1. The number of aliphatic hydroxyl groups is 1. The average molecular weight is 570 g/mol. The van der Waals surface area contributed by atoms with Gasteiger partial charge in [0.05, 0.1) is 24.0 Å². The van der Waals surface area contributed by atoms with Crippen molar-refractivity contribution >= 4 is 11.8 Å². The minimum absolute atomic E-state index is 0.0406. The van der Waals surface area contributed by atoms with Crippen LogP contribution >= 0.6 is 0 Å². The van der Waals surface area contributed by atoms with Crippen molar-refractivity contribution < 1.29 is 28.2 Å². The Balaban J connectivity index is 1.30. The highest BCUT2D eigenvalue weighted by Gasteiger charge is 2.51. The fourth-order valence-electron chi connectivity index (χ4n) is 6.39. The van der Waals surface area contributed by atoms with Crippen LogP contribution in [0.2, 0.25) is 0 Å². The second-order valence-corrected chi connectivity index (χ2v) is 11.9. The van der Waals surface area contributed by atoms with Gasteiger partial charge in [0, 0.05) is 38.2 Å². The molecule has 2 aliphatic heterocycles. The van der Waals surface area contributed by atoms with E-state index in [4.69, 9.17) is 4.74 Å². The molecular weight excluding hydrogens is 528 g/mol. The van der Waals surface area contributed by atoms with Crippen molar-refractivity contribution in [2.24, 2.45) is 17.8 Å². The summed E-state index contributed by atoms with van der Waals surface area (Å²) < 4.78 is 34.1. The molecule has 3 unspecified atom stereocenters. The number of hydrogen-bond donors (Lipinski definition) is 3. The summed E-state index contributed by atoms with van der Waals surface area (Å²) in [5, 5.41) is 17.8. The summed E-state index contributed by atoms with van der Waals surface area (Å²) in [6.07, 6.45) is 4.16. The van der Waals surface area contributed by atoms with Gasteiger partial charge < -0.3 is 25.4 Å². The van der Waals surface area contributed by atoms with Gasteiger partial charge in [-0.1, -0.05) is 38.0 Å². The molecule has 0 radical (unpaired) electrons. The lowest BCUT2D eigenvalue weighted by atomic mass is 9.88. The number of unbranched alkanes of at least 4 members (excludes halogenated alkanes) is 2. The minimum Gasteiger partial charge on any atom is -0.489 e. The first-order valence-corrected chi connectivity index (χ1v) is 15.0. The van der Waals surface area contributed by atoms with Crippen LogP contribution in [0.15, 0.2) is 48.5 Å². The van der Waals surface area contributed by atoms with Gasteiger partial charge in [-0.05, 0) is 61.4 Å². The number of likely N-dealkylation sites (tertiary alicyclic amines) is 1. The number of amides is 2. The Morgan fingerprint density at radius 1 is 1.15 bits per heavy atom. The molecular formula is C32H41F2N3O4. The summed E-state index contributed by atoms with van der Waals surface area (Å²) >= 11 is 0. The smallest absolute Gasteiger partial charge is 0.226 e. The molecule has 2 aromatic rings. The van der Waals surface area contributed by atoms with Crippen molar-refractivity contribution in [3.05, 3.63) is 65.7 Å². The third-order valence-corrected chi connectivity index (χ3v) is 8.65. The first kappa shape index (κ1) is 29.5. The molecule has 3 aliphatic rings. The quantitative estimate of drug-likeness (QED) is 0.319. The highest BCUT2D eigenvalue weighted by molar-refractivity contribution is 5.91. The fraction of sp³-hybridized carbons (Fsp3) is 0.562. The van der Waals surface area contributed by atoms with E-state index in [-0.39, 0.29) is 36.2 Å². The first-order chi connectivity index (χ1) is 19.8. The maximum atomic E-state index is 14.0. The summed E-state index contributed by atoms with van der Waals surface area (Å²) in [6, 6.07) is 11.5. The van der Waals surface area contributed by atoms with E-state index in [0.29, 0.717) is 31.6 Å². The molecule has 6 atom stereocenters. The zero-order chi connectivity index (χ0) is 28.9. The summed E-state index contributed by atoms with van der Waals surface area (Å²) in [5.41, 5.74) is 0.337. The predicted molar refractivity (Wildman–Crippen MR) is 151 cm³/mol. The normalized spacial score (nSPS) is 25.8. The van der Waals surface area contributed by atoms with E-state index in [0.717, 1.165) is 43.9 Å². The number of ether oxygens (including phenoxy) is 1. The highest BCUT2D eigenvalue weighted by Crippen LogP contribution is 2.45. The Kier molecular flexibility index (Phi) is 9.55. The molecule has 0 aromatic heterocycles. The van der Waals surface area contributed by atoms with Crippen LogP contribution in [0.3, 0.4) is 0 Å². The van der Waals surface area contributed by atoms with E-state index >= 15 is 0 Å². The molecule has 222 valence electrons. The van der Waals surface area contributed by atoms with Crippen LogP contribution in [0.4, 0.5) is 8.78 Å². The molecule has 9 heteroatoms. The molecule has 41 heavy (non-hydrogen) atoms. The maximum absolute atomic E-state index is 14.0. The van der Waals surface area contributed by atoms with Gasteiger partial charge in [0.2, 0.25) is 11.8 Å². The Morgan fingerprint density at radius 2 is 1.88 bits per heavy atom. The lowest BCUT2D eigenvalue weighted by Gasteiger charge is -2.30. The van der Waals surface area contributed by atoms with Crippen LogP contribution in [0, 0.1) is 29.4 Å². The van der Waals surface area contributed by atoms with Gasteiger partial charge in [-0.25, -0.2) is 8.78 Å². The SMILES string of the molecule is CCCCCN1CC(C(=O)N[C@@H](Cc2cc(F)cc(F)c2)[C@H](O)[C@H]2CC(Oc3ccccc3)CN2)C(C2CC2)C1=O. The number of para-hydroxylation sites is 1. The number of hydrogen-bond acceptors (Lipinski definition) is 5. The van der Waals surface area contributed by atoms with Crippen molar-refractivity contribution in [3.63, 3.8) is 0 Å². The molecule has 2 heterocycles. The van der Waals surface area contributed by atoms with Crippen LogP contribution in [0.5, 0.6) is 5.75 Å². The maximum Gasteiger partial charge on any atom is 0.226 e. The van der Waals surface area contributed by atoms with Crippen molar-refractivity contribution in [2.75, 3.05) is 19.6 Å². The molecule has 2 aromatic carbocycles. The van der Waals surface area contributed by atoms with Crippen molar-refractivity contribution in [2.45, 2.75) is 76.2 Å². The van der Waals surface area contributed by atoms with Crippen molar-refractivity contribution in [1.82, 2.24) is 15.5 Å². The molecule has 0 bridgehead atoms. The number of nitrogens with one attached hydrogen (secondary N) is 2. The highest BCUT2D eigenvalue weighted by atomic mass is 19.1. The summed E-state index contributed by atoms with van der Waals surface area (Å²) in [6.45, 7) is 3.63. The second-order valence-electron chi connectivity index (χ2n) is 11.9. The zero-order valence-corrected chi connectivity index (χ0v) is 23.6. The van der Waals surface area contributed by atoms with E-state index in [1.165, 1.54) is 12.1 Å². The van der Waals surface area contributed by atoms with Crippen molar-refractivity contribution in [3.8, 4) is 5.75 Å². The molecule has 3 fully saturated rings. The third kappa shape index (κ3) is 7.43. The van der Waals surface area contributed by atoms with Crippen molar-refractivity contribution in [1.29, 1.82) is 0 Å². The van der Waals surface area contributed by atoms with Gasteiger partial charge in [-0.2, -0.15) is 0 Å². The number of rotatable bonds is 13. The number of carbonyl (C=O) groups excluding carboxylic acids is 2. The average Bonchev–Trinajstić information content (AvgIpc) is 3.58. The van der Waals surface area contributed by atoms with Gasteiger partial charge in [-0.3, -0.25) is 9.59 Å². The fourth-order valence-corrected chi connectivity index (χ4v) is 6.39. The Labute approximate surface area is 240 Å². The molecule has 1 aliphatic carbocycles. The third-order valence-electron chi connectivity index (χ3n) is 8.65. The van der Waals surface area contributed by atoms with Crippen LogP contribution in [-0.4, -0.2) is 65.7 Å². The summed E-state index contributed by atoms with van der Waals surface area (Å²) in [7, 11) is 0. The van der Waals surface area contributed by atoms with E-state index in [9.17, 15) is 23.5 Å². The number of benzene rings is 2. The van der Waals surface area contributed by atoms with Gasteiger partial charge in [0.25, 0.3) is 0 Å². The number of aliphatic hydroxyl groups excluding tert-OH is 1. The van der Waals surface area contributed by atoms with Gasteiger partial charge >= 0.3 is 0 Å². The zero-order valence-electron chi connectivity index (χ0n) is 23.6. The van der Waals surface area contributed by atoms with E-state index in [2.05, 4.69) is 17.6 Å². The molecule has 3 N–H and O–H groups in total. The van der Waals surface area contributed by atoms with E-state index in [1.54, 1.807) is 0 Å². The molecule has 2 amide bonds. The largest absolute Gasteiger partial charge is 0.489 e. The Bertz CT molecular complexity index is 1170. The summed E-state index contributed by atoms with van der Waals surface area (Å²) in [4.78, 5) is 28.9. The van der Waals surface area contributed by atoms with Crippen LogP contribution in [0.25, 0.3) is 0 Å². The Hall–Kier alpha value is -3.04. The Morgan fingerprint density at radius 3 is 2.56 bits per heavy atom. The molecule has 1 saturated carbocycles. The van der Waals surface area contributed by atoms with Gasteiger partial charge in [0.15, 0.2) is 0 Å². The molecule has 0 spiro atoms. The van der Waals surface area contributed by atoms with Gasteiger partial charge in [0.1, 0.15) is 23.5 Å². The minimum atomic E-state index is -1.05. The lowest BCUT2D eigenvalue weighted by Crippen LogP contribution is -2.54. The topological polar surface area (TPSA) is 90.9 Å². The first-order valence-electron chi connectivity index (χ1n) is 15.0. The monoisotopic (exact) mass is 569 g/mol. The van der Waals surface area contributed by atoms with E-state index in [1.807, 2.05) is 35.2 Å². The lowest BCUT2D eigenvalue weighted by molar-refractivity contribution is -0.134. The summed E-state index contributed by atoms with van der Waals surface area (Å²) in [5.74, 6) is -1.59. The second kappa shape index (κ2) is 13.3. The molecule has 2 saturated heterocycles. The molecule has 7 nitrogen and oxygen atoms in total. The van der Waals surface area contributed by atoms with E-state index < -0.39 is 35.7 Å². The number of carbonyl (C=O) groups is 2. The van der Waals surface area contributed by atoms with Crippen LogP contribution in [0.1, 0.15) is 51.0 Å². The predicted octanol–water partition coefficient (Wildman–Crippen LogP) is 3.84. The van der Waals surface area contributed by atoms with Crippen LogP contribution in [-0.2, 0) is 16.0 Å². The van der Waals surface area contributed by atoms with Gasteiger partial charge in [-0.15, -0.1) is 0 Å². The van der Waals surface area contributed by atoms with Crippen LogP contribution < -0.4 is 15.4 Å². The number of halogens is 2. The molecule has 5 rings (SSSR count).